The zero-order chi connectivity index (χ0) is 40.6. The molecule has 14 nitrogen and oxygen atoms in total. The molecule has 5 aliphatic carbocycles. The molecule has 320 valence electrons. The topological polar surface area (TPSA) is 228 Å². The highest BCUT2D eigenvalue weighted by atomic mass is 16.7. The lowest BCUT2D eigenvalue weighted by Gasteiger charge is -2.73. The van der Waals surface area contributed by atoms with Gasteiger partial charge in [0.1, 0.15) is 48.8 Å². The van der Waals surface area contributed by atoms with Gasteiger partial charge in [-0.25, -0.2) is 0 Å². The van der Waals surface area contributed by atoms with Crippen molar-refractivity contribution in [3.63, 3.8) is 0 Å². The van der Waals surface area contributed by atoms with E-state index in [1.54, 1.807) is 0 Å². The first kappa shape index (κ1) is 41.9. The molecule has 56 heavy (non-hydrogen) atoms. The lowest BCUT2D eigenvalue weighted by molar-refractivity contribution is -0.347. The first-order chi connectivity index (χ1) is 26.2. The van der Waals surface area contributed by atoms with E-state index in [2.05, 4.69) is 46.8 Å². The molecule has 0 aromatic carbocycles. The Hall–Kier alpha value is -0.820. The van der Waals surface area contributed by atoms with E-state index in [1.165, 1.54) is 0 Å². The van der Waals surface area contributed by atoms with Crippen molar-refractivity contribution in [2.24, 2.45) is 50.2 Å². The average Bonchev–Trinajstić information content (AvgIpc) is 3.43. The maximum Gasteiger partial charge on any atom is 0.186 e. The van der Waals surface area contributed by atoms with Gasteiger partial charge >= 0.3 is 0 Å². The van der Waals surface area contributed by atoms with Crippen molar-refractivity contribution >= 4 is 0 Å². The van der Waals surface area contributed by atoms with Crippen LogP contribution in [0.25, 0.3) is 0 Å². The molecule has 3 saturated heterocycles. The van der Waals surface area contributed by atoms with Gasteiger partial charge in [-0.1, -0.05) is 53.7 Å². The van der Waals surface area contributed by atoms with Crippen LogP contribution in [-0.2, 0) is 23.7 Å². The minimum absolute atomic E-state index is 0.00593. The molecule has 3 heterocycles. The van der Waals surface area contributed by atoms with Crippen molar-refractivity contribution < 1.29 is 69.6 Å². The van der Waals surface area contributed by atoms with Crippen LogP contribution in [-0.4, -0.2) is 152 Å². The normalized spacial score (nSPS) is 58.8. The zero-order valence-corrected chi connectivity index (χ0v) is 33.9. The summed E-state index contributed by atoms with van der Waals surface area (Å²) in [6.45, 7) is 13.2. The van der Waals surface area contributed by atoms with Crippen molar-refractivity contribution in [1.82, 2.24) is 0 Å². The van der Waals surface area contributed by atoms with Crippen LogP contribution >= 0.6 is 0 Å². The Kier molecular flexibility index (Phi) is 10.4. The molecule has 4 saturated carbocycles. The minimum atomic E-state index is -1.68. The molecule has 9 N–H and O–H groups in total. The number of rotatable bonds is 7. The van der Waals surface area contributed by atoms with Crippen molar-refractivity contribution in [2.45, 2.75) is 172 Å². The van der Waals surface area contributed by atoms with E-state index < -0.39 is 97.8 Å². The highest BCUT2D eigenvalue weighted by Crippen LogP contribution is 2.79. The van der Waals surface area contributed by atoms with Crippen LogP contribution in [0.2, 0.25) is 0 Å². The zero-order valence-electron chi connectivity index (χ0n) is 33.9. The van der Waals surface area contributed by atoms with Gasteiger partial charge in [0, 0.05) is 22.2 Å². The molecule has 2 bridgehead atoms. The van der Waals surface area contributed by atoms with E-state index in [9.17, 15) is 46.0 Å². The smallest absolute Gasteiger partial charge is 0.186 e. The van der Waals surface area contributed by atoms with Gasteiger partial charge in [-0.3, -0.25) is 0 Å². The Balaban J connectivity index is 1.02. The fourth-order valence-electron chi connectivity index (χ4n) is 14.3. The van der Waals surface area contributed by atoms with Crippen LogP contribution in [0.4, 0.5) is 0 Å². The highest BCUT2D eigenvalue weighted by molar-refractivity contribution is 5.36. The number of ether oxygens (including phenoxy) is 5. The summed E-state index contributed by atoms with van der Waals surface area (Å²) in [5, 5.41) is 96.6. The number of aliphatic hydroxyl groups is 9. The van der Waals surface area contributed by atoms with Crippen LogP contribution < -0.4 is 0 Å². The summed E-state index contributed by atoms with van der Waals surface area (Å²) in [6, 6.07) is 0. The third-order valence-corrected chi connectivity index (χ3v) is 17.9. The molecule has 1 spiro atoms. The number of allylic oxidation sites excluding steroid dienone is 1. The highest BCUT2D eigenvalue weighted by Gasteiger charge is 2.79. The Morgan fingerprint density at radius 1 is 0.696 bits per heavy atom. The van der Waals surface area contributed by atoms with E-state index in [4.69, 9.17) is 23.7 Å². The quantitative estimate of drug-likeness (QED) is 0.128. The Morgan fingerprint density at radius 3 is 2.04 bits per heavy atom. The summed E-state index contributed by atoms with van der Waals surface area (Å²) in [6.07, 6.45) is -4.63. The molecule has 14 heteroatoms. The molecule has 21 atom stereocenters. The number of aliphatic hydroxyl groups excluding tert-OH is 9. The van der Waals surface area contributed by atoms with Gasteiger partial charge in [0.2, 0.25) is 0 Å². The second-order valence-corrected chi connectivity index (χ2v) is 21.0. The van der Waals surface area contributed by atoms with E-state index in [0.717, 1.165) is 38.5 Å². The molecule has 8 rings (SSSR count). The lowest BCUT2D eigenvalue weighted by Crippen LogP contribution is -2.72. The summed E-state index contributed by atoms with van der Waals surface area (Å²) in [5.41, 5.74) is -2.05. The van der Waals surface area contributed by atoms with Gasteiger partial charge < -0.3 is 69.6 Å². The molecule has 0 radical (unpaired) electrons. The van der Waals surface area contributed by atoms with Gasteiger partial charge in [0.25, 0.3) is 0 Å². The molecule has 0 unspecified atom stereocenters. The van der Waals surface area contributed by atoms with Crippen molar-refractivity contribution in [2.75, 3.05) is 26.4 Å². The maximum atomic E-state index is 12.1. The van der Waals surface area contributed by atoms with Gasteiger partial charge in [-0.2, -0.15) is 0 Å². The fraction of sp³-hybridized carbons (Fsp3) is 0.952. The molecular weight excluding hydrogens is 728 g/mol. The number of hydrogen-bond donors (Lipinski definition) is 9. The average molecular weight is 797 g/mol. The summed E-state index contributed by atoms with van der Waals surface area (Å²) >= 11 is 0. The van der Waals surface area contributed by atoms with Crippen molar-refractivity contribution in [3.05, 3.63) is 12.2 Å². The van der Waals surface area contributed by atoms with E-state index in [0.29, 0.717) is 19.4 Å². The third-order valence-electron chi connectivity index (χ3n) is 17.9. The molecule has 0 aromatic heterocycles. The summed E-state index contributed by atoms with van der Waals surface area (Å²) in [5.74, 6) is 0.377. The first-order valence-corrected chi connectivity index (χ1v) is 21.1. The van der Waals surface area contributed by atoms with Crippen molar-refractivity contribution in [3.8, 4) is 0 Å². The second kappa shape index (κ2) is 13.9. The number of fused-ring (bicyclic) bond motifs is 4. The Bertz CT molecular complexity index is 1510. The molecule has 0 amide bonds. The molecule has 7 fully saturated rings. The molecule has 3 aliphatic heterocycles. The predicted molar refractivity (Wildman–Crippen MR) is 198 cm³/mol. The van der Waals surface area contributed by atoms with Gasteiger partial charge in [0.05, 0.1) is 44.2 Å². The van der Waals surface area contributed by atoms with Gasteiger partial charge in [-0.15, -0.1) is 0 Å². The van der Waals surface area contributed by atoms with E-state index in [-0.39, 0.29) is 51.4 Å². The summed E-state index contributed by atoms with van der Waals surface area (Å²) in [7, 11) is 0. The Labute approximate surface area is 330 Å². The standard InChI is InChI=1S/C42H68O14/c1-36(2)13-14-41-20-53-42(25(41)15-36)12-8-24-37(3)10-9-27(38(4,19-44)23(37)7-11-39(24,5)40(42,6)16-26(41)45)56-35-33(51)31(49)29(47)22(55-35)18-52-34-32(50)30(48)28(46)21(17-43)54-34/h8,12,21-35,43-51H,7,9-11,13-20H2,1-6H3/t21-,22-,23-,24-,25-,26+,27+,28-,29-,30+,31+,32-,33-,34-,35+,37+,38+,39-,40+,41-,42+/m1/s1. The van der Waals surface area contributed by atoms with Crippen LogP contribution in [0.5, 0.6) is 0 Å². The van der Waals surface area contributed by atoms with Crippen LogP contribution in [0.15, 0.2) is 12.2 Å². The van der Waals surface area contributed by atoms with Crippen LogP contribution in [0.3, 0.4) is 0 Å². The first-order valence-electron chi connectivity index (χ1n) is 21.1. The SMILES string of the molecule is CC1(C)CC[C@]23CO[C@@]4(C=C[C@@H]5[C@@]6(C)CC[C@H](O[C@@H]7O[C@H](CO[C@@H]8O[C@H](CO)[C@@H](O)[C@H](O)[C@H]8O)[C@@H](O)[C@H](O)[C@H]7O)[C@@](C)(CO)[C@@H]6CC[C@@]5(C)[C@]4(C)C[C@@H]2O)[C@@H]3C1. The van der Waals surface area contributed by atoms with E-state index in [1.807, 2.05) is 6.92 Å². The predicted octanol–water partition coefficient (Wildman–Crippen LogP) is 0.749. The van der Waals surface area contributed by atoms with Crippen LogP contribution in [0.1, 0.15) is 92.9 Å². The van der Waals surface area contributed by atoms with Gasteiger partial charge in [-0.05, 0) is 79.4 Å². The Morgan fingerprint density at radius 2 is 1.36 bits per heavy atom. The maximum absolute atomic E-state index is 12.1. The minimum Gasteiger partial charge on any atom is -0.396 e. The molecular formula is C42H68O14. The largest absolute Gasteiger partial charge is 0.396 e. The van der Waals surface area contributed by atoms with E-state index >= 15 is 0 Å². The summed E-state index contributed by atoms with van der Waals surface area (Å²) < 4.78 is 30.7. The lowest BCUT2D eigenvalue weighted by atomic mass is 9.32. The molecule has 8 aliphatic rings. The second-order valence-electron chi connectivity index (χ2n) is 21.0. The molecule has 0 aromatic rings. The van der Waals surface area contributed by atoms with Crippen molar-refractivity contribution in [1.29, 1.82) is 0 Å². The fourth-order valence-corrected chi connectivity index (χ4v) is 14.3. The monoisotopic (exact) mass is 796 g/mol. The van der Waals surface area contributed by atoms with Crippen LogP contribution in [0, 0.1) is 50.2 Å². The van der Waals surface area contributed by atoms with Gasteiger partial charge in [0.15, 0.2) is 12.6 Å². The number of hydrogen-bond acceptors (Lipinski definition) is 14. The summed E-state index contributed by atoms with van der Waals surface area (Å²) in [4.78, 5) is 0. The third kappa shape index (κ3) is 5.57.